The minimum Gasteiger partial charge on any atom is -0.379 e. The first-order valence-electron chi connectivity index (χ1n) is 6.46. The first kappa shape index (κ1) is 11.0. The van der Waals surface area contributed by atoms with Crippen LogP contribution in [0.5, 0.6) is 0 Å². The predicted molar refractivity (Wildman–Crippen MR) is 65.9 cm³/mol. The number of carbonyl (C=O) groups is 1. The van der Waals surface area contributed by atoms with Gasteiger partial charge in [0.25, 0.3) is 0 Å². The molecule has 0 amide bonds. The van der Waals surface area contributed by atoms with Gasteiger partial charge in [0, 0.05) is 18.3 Å². The number of rotatable bonds is 2. The van der Waals surface area contributed by atoms with E-state index in [9.17, 15) is 4.79 Å². The monoisotopic (exact) mass is 230 g/mol. The number of hydrogen-bond donors (Lipinski definition) is 0. The Kier molecular flexibility index (Phi) is 2.75. The molecule has 90 valence electrons. The van der Waals surface area contributed by atoms with Crippen LogP contribution in [0, 0.1) is 5.92 Å². The highest BCUT2D eigenvalue weighted by Gasteiger charge is 2.47. The van der Waals surface area contributed by atoms with E-state index in [-0.39, 0.29) is 5.41 Å². The first-order chi connectivity index (χ1) is 8.31. The molecule has 1 aliphatic heterocycles. The van der Waals surface area contributed by atoms with Crippen molar-refractivity contribution in [1.29, 1.82) is 0 Å². The van der Waals surface area contributed by atoms with Crippen molar-refractivity contribution in [3.63, 3.8) is 0 Å². The minimum atomic E-state index is 0.196. The maximum atomic E-state index is 11.3. The number of Topliss-reactive ketones (excluding diaryl/α,β-unsaturated/α-hetero) is 1. The van der Waals surface area contributed by atoms with Crippen LogP contribution in [0.15, 0.2) is 30.3 Å². The molecule has 1 saturated carbocycles. The van der Waals surface area contributed by atoms with Crippen molar-refractivity contribution in [3.8, 4) is 0 Å². The van der Waals surface area contributed by atoms with Crippen molar-refractivity contribution in [2.45, 2.75) is 31.1 Å². The molecule has 2 fully saturated rings. The molecular formula is C15H18O2. The molecule has 1 heterocycles. The van der Waals surface area contributed by atoms with E-state index in [2.05, 4.69) is 30.3 Å². The highest BCUT2D eigenvalue weighted by molar-refractivity contribution is 5.79. The van der Waals surface area contributed by atoms with E-state index in [0.29, 0.717) is 11.7 Å². The topological polar surface area (TPSA) is 26.3 Å². The molecule has 1 aliphatic carbocycles. The van der Waals surface area contributed by atoms with Gasteiger partial charge in [-0.25, -0.2) is 0 Å². The Balaban J connectivity index is 1.85. The summed E-state index contributed by atoms with van der Waals surface area (Å²) >= 11 is 0. The second-order valence-electron chi connectivity index (χ2n) is 5.33. The van der Waals surface area contributed by atoms with Crippen molar-refractivity contribution < 1.29 is 9.53 Å². The lowest BCUT2D eigenvalue weighted by Crippen LogP contribution is -2.53. The quantitative estimate of drug-likeness (QED) is 0.781. The SMILES string of the molecule is O=C1CCC(C2(c3ccccc3)COC2)CC1. The molecule has 1 saturated heterocycles. The molecule has 0 N–H and O–H groups in total. The van der Waals surface area contributed by atoms with Gasteiger partial charge in [-0.2, -0.15) is 0 Å². The number of benzene rings is 1. The average Bonchev–Trinajstić information content (AvgIpc) is 2.32. The lowest BCUT2D eigenvalue weighted by Gasteiger charge is -2.49. The molecule has 0 atom stereocenters. The van der Waals surface area contributed by atoms with Crippen molar-refractivity contribution >= 4 is 5.78 Å². The van der Waals surface area contributed by atoms with E-state index in [1.807, 2.05) is 0 Å². The summed E-state index contributed by atoms with van der Waals surface area (Å²) in [5.41, 5.74) is 1.59. The maximum Gasteiger partial charge on any atom is 0.132 e. The van der Waals surface area contributed by atoms with Crippen LogP contribution in [0.2, 0.25) is 0 Å². The number of ketones is 1. The van der Waals surface area contributed by atoms with E-state index in [4.69, 9.17) is 4.74 Å². The second kappa shape index (κ2) is 4.26. The molecular weight excluding hydrogens is 212 g/mol. The van der Waals surface area contributed by atoms with Crippen molar-refractivity contribution in [2.75, 3.05) is 13.2 Å². The lowest BCUT2D eigenvalue weighted by atomic mass is 9.63. The van der Waals surface area contributed by atoms with E-state index >= 15 is 0 Å². The van der Waals surface area contributed by atoms with E-state index in [1.165, 1.54) is 5.56 Å². The molecule has 3 rings (SSSR count). The Labute approximate surface area is 102 Å². The summed E-state index contributed by atoms with van der Waals surface area (Å²) < 4.78 is 5.49. The molecule has 2 nitrogen and oxygen atoms in total. The van der Waals surface area contributed by atoms with E-state index in [1.54, 1.807) is 0 Å². The Morgan fingerprint density at radius 1 is 1.06 bits per heavy atom. The van der Waals surface area contributed by atoms with Crippen molar-refractivity contribution in [3.05, 3.63) is 35.9 Å². The highest BCUT2D eigenvalue weighted by Crippen LogP contribution is 2.45. The van der Waals surface area contributed by atoms with Crippen LogP contribution >= 0.6 is 0 Å². The van der Waals surface area contributed by atoms with Crippen molar-refractivity contribution in [1.82, 2.24) is 0 Å². The molecule has 17 heavy (non-hydrogen) atoms. The third kappa shape index (κ3) is 1.81. The van der Waals surface area contributed by atoms with Crippen LogP contribution in [0.4, 0.5) is 0 Å². The Morgan fingerprint density at radius 3 is 2.24 bits per heavy atom. The molecule has 2 aliphatic rings. The van der Waals surface area contributed by atoms with Gasteiger partial charge in [-0.05, 0) is 24.3 Å². The summed E-state index contributed by atoms with van der Waals surface area (Å²) in [6, 6.07) is 10.7. The zero-order valence-electron chi connectivity index (χ0n) is 10.0. The standard InChI is InChI=1S/C15H18O2/c16-14-8-6-13(7-9-14)15(10-17-11-15)12-4-2-1-3-5-12/h1-5,13H,6-11H2. The molecule has 1 aromatic carbocycles. The van der Waals surface area contributed by atoms with Gasteiger partial charge in [0.2, 0.25) is 0 Å². The molecule has 0 radical (unpaired) electrons. The summed E-state index contributed by atoms with van der Waals surface area (Å²) in [6.45, 7) is 1.66. The Bertz CT molecular complexity index is 396. The molecule has 0 bridgehead atoms. The molecule has 0 unspecified atom stereocenters. The Morgan fingerprint density at radius 2 is 1.71 bits per heavy atom. The zero-order chi connectivity index (χ0) is 11.7. The van der Waals surface area contributed by atoms with Gasteiger partial charge in [-0.1, -0.05) is 30.3 Å². The van der Waals surface area contributed by atoms with Crippen LogP contribution in [0.3, 0.4) is 0 Å². The fraction of sp³-hybridized carbons (Fsp3) is 0.533. The van der Waals surface area contributed by atoms with Gasteiger partial charge in [0.05, 0.1) is 13.2 Å². The number of ether oxygens (including phenoxy) is 1. The normalized spacial score (nSPS) is 24.4. The summed E-state index contributed by atoms with van der Waals surface area (Å²) in [5, 5.41) is 0. The van der Waals surface area contributed by atoms with Gasteiger partial charge >= 0.3 is 0 Å². The minimum absolute atomic E-state index is 0.196. The van der Waals surface area contributed by atoms with Gasteiger partial charge in [-0.15, -0.1) is 0 Å². The van der Waals surface area contributed by atoms with Crippen LogP contribution in [-0.4, -0.2) is 19.0 Å². The first-order valence-corrected chi connectivity index (χ1v) is 6.46. The van der Waals surface area contributed by atoms with Crippen LogP contribution in [0.25, 0.3) is 0 Å². The zero-order valence-corrected chi connectivity index (χ0v) is 10.0. The number of hydrogen-bond acceptors (Lipinski definition) is 2. The molecule has 1 aromatic rings. The van der Waals surface area contributed by atoms with Crippen LogP contribution < -0.4 is 0 Å². The smallest absolute Gasteiger partial charge is 0.132 e. The third-order valence-electron chi connectivity index (χ3n) is 4.39. The van der Waals surface area contributed by atoms with Crippen LogP contribution in [-0.2, 0) is 14.9 Å². The largest absolute Gasteiger partial charge is 0.379 e. The molecule has 0 spiro atoms. The third-order valence-corrected chi connectivity index (χ3v) is 4.39. The lowest BCUT2D eigenvalue weighted by molar-refractivity contribution is -0.127. The van der Waals surface area contributed by atoms with Crippen molar-refractivity contribution in [2.24, 2.45) is 5.92 Å². The van der Waals surface area contributed by atoms with E-state index in [0.717, 1.165) is 38.9 Å². The van der Waals surface area contributed by atoms with Gasteiger partial charge < -0.3 is 4.74 Å². The Hall–Kier alpha value is -1.15. The fourth-order valence-electron chi connectivity index (χ4n) is 3.22. The van der Waals surface area contributed by atoms with Gasteiger partial charge in [-0.3, -0.25) is 4.79 Å². The van der Waals surface area contributed by atoms with Gasteiger partial charge in [0.1, 0.15) is 5.78 Å². The average molecular weight is 230 g/mol. The maximum absolute atomic E-state index is 11.3. The predicted octanol–water partition coefficient (Wildman–Crippen LogP) is 2.71. The summed E-state index contributed by atoms with van der Waals surface area (Å²) in [7, 11) is 0. The van der Waals surface area contributed by atoms with Gasteiger partial charge in [0.15, 0.2) is 0 Å². The summed E-state index contributed by atoms with van der Waals surface area (Å²) in [4.78, 5) is 11.3. The summed E-state index contributed by atoms with van der Waals surface area (Å²) in [5.74, 6) is 1.06. The second-order valence-corrected chi connectivity index (χ2v) is 5.33. The number of carbonyl (C=O) groups excluding carboxylic acids is 1. The van der Waals surface area contributed by atoms with E-state index < -0.39 is 0 Å². The fourth-order valence-corrected chi connectivity index (χ4v) is 3.22. The molecule has 2 heteroatoms. The summed E-state index contributed by atoms with van der Waals surface area (Å²) in [6.07, 6.45) is 3.60. The highest BCUT2D eigenvalue weighted by atomic mass is 16.5. The van der Waals surface area contributed by atoms with Crippen LogP contribution in [0.1, 0.15) is 31.2 Å². The molecule has 0 aromatic heterocycles.